The van der Waals surface area contributed by atoms with Crippen LogP contribution in [-0.4, -0.2) is 25.7 Å². The number of rotatable bonds is 8. The first-order chi connectivity index (χ1) is 15.1. The van der Waals surface area contributed by atoms with Crippen molar-refractivity contribution in [3.8, 4) is 11.5 Å². The van der Waals surface area contributed by atoms with E-state index in [1.54, 1.807) is 14.2 Å². The summed E-state index contributed by atoms with van der Waals surface area (Å²) in [6.07, 6.45) is 2.09. The molecular weight excluding hydrogens is 391 g/mol. The van der Waals surface area contributed by atoms with Crippen LogP contribution < -0.4 is 14.8 Å². The standard InChI is InChI=1S/C26H27FN2O2/c1-17(18-11-13-19(27)14-12-18)28-15-23(21-8-6-10-25(30-2)26(21)31-3)22-16-29-24-9-5-4-7-20(22)24/h4-14,16-17,23,28-29H,15H2,1-3H3/p+1/t17-,23-/m0/s1. The molecule has 3 aromatic carbocycles. The Bertz CT molecular complexity index is 1150. The van der Waals surface area contributed by atoms with Crippen LogP contribution in [0, 0.1) is 5.82 Å². The van der Waals surface area contributed by atoms with Gasteiger partial charge in [-0.25, -0.2) is 4.39 Å². The van der Waals surface area contributed by atoms with Gasteiger partial charge in [-0.05, 0) is 36.8 Å². The van der Waals surface area contributed by atoms with Gasteiger partial charge in [-0.1, -0.05) is 42.5 Å². The zero-order valence-corrected chi connectivity index (χ0v) is 18.1. The molecule has 0 spiro atoms. The minimum atomic E-state index is -0.214. The fourth-order valence-electron chi connectivity index (χ4n) is 4.23. The van der Waals surface area contributed by atoms with Gasteiger partial charge in [0.15, 0.2) is 11.5 Å². The third kappa shape index (κ3) is 4.28. The van der Waals surface area contributed by atoms with Crippen molar-refractivity contribution in [3.63, 3.8) is 0 Å². The number of nitrogens with one attached hydrogen (secondary N) is 1. The molecule has 0 radical (unpaired) electrons. The fraction of sp³-hybridized carbons (Fsp3) is 0.231. The van der Waals surface area contributed by atoms with Crippen molar-refractivity contribution in [3.05, 3.63) is 95.4 Å². The number of hydrogen-bond acceptors (Lipinski definition) is 2. The molecule has 160 valence electrons. The normalized spacial score (nSPS) is 13.2. The maximum Gasteiger partial charge on any atom is 0.164 e. The Hall–Kier alpha value is -3.31. The molecule has 1 heterocycles. The van der Waals surface area contributed by atoms with Crippen LogP contribution in [0.15, 0.2) is 72.9 Å². The average Bonchev–Trinajstić information content (AvgIpc) is 3.23. The van der Waals surface area contributed by atoms with Gasteiger partial charge in [0.1, 0.15) is 11.9 Å². The van der Waals surface area contributed by atoms with Gasteiger partial charge in [0, 0.05) is 28.2 Å². The van der Waals surface area contributed by atoms with Gasteiger partial charge < -0.3 is 19.8 Å². The molecule has 0 aliphatic rings. The van der Waals surface area contributed by atoms with Gasteiger partial charge in [0.2, 0.25) is 0 Å². The quantitative estimate of drug-likeness (QED) is 0.432. The van der Waals surface area contributed by atoms with E-state index in [9.17, 15) is 4.39 Å². The number of fused-ring (bicyclic) bond motifs is 1. The van der Waals surface area contributed by atoms with Crippen molar-refractivity contribution in [1.82, 2.24) is 4.98 Å². The molecule has 3 N–H and O–H groups in total. The van der Waals surface area contributed by atoms with E-state index in [0.29, 0.717) is 0 Å². The van der Waals surface area contributed by atoms with Gasteiger partial charge in [-0.3, -0.25) is 0 Å². The Morgan fingerprint density at radius 1 is 0.903 bits per heavy atom. The van der Waals surface area contributed by atoms with Crippen molar-refractivity contribution in [1.29, 1.82) is 0 Å². The third-order valence-corrected chi connectivity index (χ3v) is 5.93. The lowest BCUT2D eigenvalue weighted by Crippen LogP contribution is -2.85. The number of H-pyrrole nitrogens is 1. The van der Waals surface area contributed by atoms with E-state index in [2.05, 4.69) is 47.7 Å². The molecule has 0 fully saturated rings. The molecule has 1 aromatic heterocycles. The van der Waals surface area contributed by atoms with Crippen molar-refractivity contribution in [2.45, 2.75) is 18.9 Å². The van der Waals surface area contributed by atoms with E-state index in [4.69, 9.17) is 9.47 Å². The van der Waals surface area contributed by atoms with E-state index in [0.717, 1.165) is 34.7 Å². The smallest absolute Gasteiger partial charge is 0.164 e. The second-order valence-corrected chi connectivity index (χ2v) is 7.74. The highest BCUT2D eigenvalue weighted by atomic mass is 19.1. The van der Waals surface area contributed by atoms with Gasteiger partial charge in [0.25, 0.3) is 0 Å². The molecule has 0 bridgehead atoms. The van der Waals surface area contributed by atoms with Gasteiger partial charge >= 0.3 is 0 Å². The lowest BCUT2D eigenvalue weighted by atomic mass is 9.89. The summed E-state index contributed by atoms with van der Waals surface area (Å²) in [6.45, 7) is 2.94. The van der Waals surface area contributed by atoms with E-state index in [1.807, 2.05) is 30.3 Å². The Morgan fingerprint density at radius 2 is 1.68 bits per heavy atom. The van der Waals surface area contributed by atoms with Gasteiger partial charge in [0.05, 0.1) is 26.7 Å². The van der Waals surface area contributed by atoms with Crippen molar-refractivity contribution in [2.75, 3.05) is 20.8 Å². The zero-order valence-electron chi connectivity index (χ0n) is 18.1. The highest BCUT2D eigenvalue weighted by molar-refractivity contribution is 5.84. The van der Waals surface area contributed by atoms with Crippen molar-refractivity contribution < 1.29 is 19.2 Å². The lowest BCUT2D eigenvalue weighted by molar-refractivity contribution is -0.693. The number of ether oxygens (including phenoxy) is 2. The van der Waals surface area contributed by atoms with Crippen LogP contribution in [0.3, 0.4) is 0 Å². The number of quaternary nitrogens is 1. The van der Waals surface area contributed by atoms with Gasteiger partial charge in [-0.15, -0.1) is 0 Å². The van der Waals surface area contributed by atoms with Crippen LogP contribution in [-0.2, 0) is 0 Å². The third-order valence-electron chi connectivity index (χ3n) is 5.93. The molecule has 0 unspecified atom stereocenters. The first-order valence-corrected chi connectivity index (χ1v) is 10.5. The first-order valence-electron chi connectivity index (χ1n) is 10.5. The second kappa shape index (κ2) is 9.23. The summed E-state index contributed by atoms with van der Waals surface area (Å²) < 4.78 is 24.7. The molecule has 31 heavy (non-hydrogen) atoms. The predicted octanol–water partition coefficient (Wildman–Crippen LogP) is 4.78. The summed E-state index contributed by atoms with van der Waals surface area (Å²) in [6, 6.07) is 21.3. The topological polar surface area (TPSA) is 50.9 Å². The van der Waals surface area contributed by atoms with Crippen LogP contribution in [0.5, 0.6) is 11.5 Å². The largest absolute Gasteiger partial charge is 0.493 e. The van der Waals surface area contributed by atoms with E-state index >= 15 is 0 Å². The molecule has 4 rings (SSSR count). The zero-order chi connectivity index (χ0) is 21.8. The predicted molar refractivity (Wildman–Crippen MR) is 121 cm³/mol. The molecule has 5 heteroatoms. The Balaban J connectivity index is 1.72. The lowest BCUT2D eigenvalue weighted by Gasteiger charge is -2.22. The number of halogens is 1. The maximum absolute atomic E-state index is 13.3. The van der Waals surface area contributed by atoms with Crippen LogP contribution in [0.25, 0.3) is 10.9 Å². The Kier molecular flexibility index (Phi) is 6.23. The SMILES string of the molecule is COc1cccc([C@H](C[NH2+][C@@H](C)c2ccc(F)cc2)c2c[nH]c3ccccc23)c1OC. The summed E-state index contributed by atoms with van der Waals surface area (Å²) in [5, 5.41) is 3.48. The van der Waals surface area contributed by atoms with Crippen LogP contribution >= 0.6 is 0 Å². The number of methoxy groups -OCH3 is 2. The summed E-state index contributed by atoms with van der Waals surface area (Å²) in [5.41, 5.74) is 4.49. The monoisotopic (exact) mass is 419 g/mol. The number of aromatic amines is 1. The van der Waals surface area contributed by atoms with Crippen LogP contribution in [0.4, 0.5) is 4.39 Å². The van der Waals surface area contributed by atoms with Crippen molar-refractivity contribution >= 4 is 10.9 Å². The van der Waals surface area contributed by atoms with Crippen LogP contribution in [0.1, 0.15) is 35.6 Å². The first kappa shape index (κ1) is 20.9. The summed E-state index contributed by atoms with van der Waals surface area (Å²) in [7, 11) is 3.34. The fourth-order valence-corrected chi connectivity index (χ4v) is 4.23. The molecule has 0 aliphatic heterocycles. The Morgan fingerprint density at radius 3 is 2.42 bits per heavy atom. The maximum atomic E-state index is 13.3. The van der Waals surface area contributed by atoms with Crippen molar-refractivity contribution in [2.24, 2.45) is 0 Å². The summed E-state index contributed by atoms with van der Waals surface area (Å²) in [4.78, 5) is 3.40. The Labute approximate surface area is 182 Å². The molecule has 0 amide bonds. The van der Waals surface area contributed by atoms with E-state index < -0.39 is 0 Å². The number of nitrogens with two attached hydrogens (primary N) is 1. The minimum Gasteiger partial charge on any atom is -0.493 e. The van der Waals surface area contributed by atoms with E-state index in [1.165, 1.54) is 23.1 Å². The molecule has 0 saturated carbocycles. The highest BCUT2D eigenvalue weighted by Gasteiger charge is 2.26. The van der Waals surface area contributed by atoms with Gasteiger partial charge in [-0.2, -0.15) is 0 Å². The molecule has 4 nitrogen and oxygen atoms in total. The molecular formula is C26H28FN2O2+. The number of aromatic nitrogens is 1. The second-order valence-electron chi connectivity index (χ2n) is 7.74. The number of benzene rings is 3. The summed E-state index contributed by atoms with van der Waals surface area (Å²) >= 11 is 0. The molecule has 0 saturated heterocycles. The molecule has 4 aromatic rings. The van der Waals surface area contributed by atoms with Crippen LogP contribution in [0.2, 0.25) is 0 Å². The summed E-state index contributed by atoms with van der Waals surface area (Å²) in [5.74, 6) is 1.33. The minimum absolute atomic E-state index is 0.0732. The molecule has 0 aliphatic carbocycles. The number of hydrogen-bond donors (Lipinski definition) is 2. The average molecular weight is 420 g/mol. The number of para-hydroxylation sites is 2. The highest BCUT2D eigenvalue weighted by Crippen LogP contribution is 2.39. The molecule has 2 atom stereocenters. The van der Waals surface area contributed by atoms with E-state index in [-0.39, 0.29) is 17.8 Å².